The van der Waals surface area contributed by atoms with Crippen LogP contribution in [0.5, 0.6) is 0 Å². The van der Waals surface area contributed by atoms with Gasteiger partial charge in [-0.05, 0) is 0 Å². The first kappa shape index (κ1) is 9.19. The van der Waals surface area contributed by atoms with E-state index in [0.29, 0.717) is 0 Å². The van der Waals surface area contributed by atoms with Crippen LogP contribution in [0.4, 0.5) is 4.79 Å². The number of nitrogens with one attached hydrogen (secondary N) is 1. The lowest BCUT2D eigenvalue weighted by molar-refractivity contribution is 0.121. The molecule has 0 saturated carbocycles. The fourth-order valence-electron chi connectivity index (χ4n) is 0.516. The summed E-state index contributed by atoms with van der Waals surface area (Å²) < 4.78 is 4.61. The zero-order chi connectivity index (χ0) is 7.98. The largest absolute Gasteiger partial charge is 0.465 e. The lowest BCUT2D eigenvalue weighted by atomic mass is 10.3. The van der Waals surface area contributed by atoms with Crippen LogP contribution in [0.15, 0.2) is 0 Å². The van der Waals surface area contributed by atoms with Crippen molar-refractivity contribution in [1.29, 1.82) is 0 Å². The predicted octanol–water partition coefficient (Wildman–Crippen LogP) is -0.739. The third-order valence-electron chi connectivity index (χ3n) is 0.916. The summed E-state index contributed by atoms with van der Waals surface area (Å²) in [4.78, 5) is 9.97. The van der Waals surface area contributed by atoms with E-state index < -0.39 is 12.1 Å². The van der Waals surface area contributed by atoms with E-state index >= 15 is 0 Å². The lowest BCUT2D eigenvalue weighted by Crippen LogP contribution is -2.39. The van der Waals surface area contributed by atoms with Gasteiger partial charge in [0.05, 0.1) is 19.3 Å². The Bertz CT molecular complexity index is 106. The van der Waals surface area contributed by atoms with Gasteiger partial charge in [0.15, 0.2) is 0 Å². The molecule has 3 N–H and O–H groups in total. The van der Waals surface area contributed by atoms with Crippen LogP contribution < -0.4 is 5.32 Å². The zero-order valence-electron chi connectivity index (χ0n) is 5.70. The molecule has 0 fully saturated rings. The van der Waals surface area contributed by atoms with Gasteiger partial charge in [-0.3, -0.25) is 0 Å². The third-order valence-corrected chi connectivity index (χ3v) is 0.916. The fourth-order valence-corrected chi connectivity index (χ4v) is 0.516. The third kappa shape index (κ3) is 4.11. The molecule has 0 aliphatic rings. The number of hydrogen-bond donors (Lipinski definition) is 3. The van der Waals surface area contributed by atoms with Crippen molar-refractivity contribution in [2.45, 2.75) is 6.04 Å². The topological polar surface area (TPSA) is 78.8 Å². The van der Waals surface area contributed by atoms with Gasteiger partial charge in [0.2, 0.25) is 0 Å². The summed E-state index contributed by atoms with van der Waals surface area (Å²) in [5.74, 6) is 0. The molecule has 5 nitrogen and oxygen atoms in total. The van der Waals surface area contributed by atoms with Gasteiger partial charge in [0.1, 0.15) is 0 Å². The fraction of sp³-hybridized carbons (Fsp3) is 0.800. The first-order valence-electron chi connectivity index (χ1n) is 2.80. The van der Waals surface area contributed by atoms with Gasteiger partial charge < -0.3 is 20.3 Å². The Hall–Kier alpha value is -0.810. The van der Waals surface area contributed by atoms with Crippen LogP contribution in [-0.4, -0.2) is 42.7 Å². The van der Waals surface area contributed by atoms with Gasteiger partial charge in [-0.1, -0.05) is 0 Å². The Morgan fingerprint density at radius 1 is 1.80 bits per heavy atom. The molecule has 0 aliphatic carbocycles. The van der Waals surface area contributed by atoms with E-state index in [9.17, 15) is 4.79 Å². The maximum atomic E-state index is 9.97. The molecule has 0 aromatic carbocycles. The van der Waals surface area contributed by atoms with Gasteiger partial charge >= 0.3 is 6.09 Å². The molecule has 60 valence electrons. The van der Waals surface area contributed by atoms with Gasteiger partial charge in [-0.2, -0.15) is 0 Å². The van der Waals surface area contributed by atoms with Crippen LogP contribution in [0.2, 0.25) is 0 Å². The monoisotopic (exact) mass is 149 g/mol. The maximum absolute atomic E-state index is 9.97. The molecule has 1 amide bonds. The molecule has 0 aliphatic heterocycles. The highest BCUT2D eigenvalue weighted by atomic mass is 16.5. The second-order valence-electron chi connectivity index (χ2n) is 1.78. The van der Waals surface area contributed by atoms with E-state index in [1.165, 1.54) is 7.11 Å². The van der Waals surface area contributed by atoms with Gasteiger partial charge in [-0.25, -0.2) is 4.79 Å². The van der Waals surface area contributed by atoms with E-state index in [1.807, 2.05) is 0 Å². The normalized spacial score (nSPS) is 12.6. The number of carboxylic acid groups (broad SMARTS) is 1. The quantitative estimate of drug-likeness (QED) is 0.492. The summed E-state index contributed by atoms with van der Waals surface area (Å²) in [6, 6.07) is -0.525. The first-order chi connectivity index (χ1) is 4.70. The van der Waals surface area contributed by atoms with Crippen LogP contribution >= 0.6 is 0 Å². The average molecular weight is 149 g/mol. The van der Waals surface area contributed by atoms with Crippen molar-refractivity contribution in [3.63, 3.8) is 0 Å². The van der Waals surface area contributed by atoms with Crippen molar-refractivity contribution in [3.05, 3.63) is 0 Å². The Morgan fingerprint density at radius 3 is 2.70 bits per heavy atom. The SMILES string of the molecule is COC[C@@H](CO)NC(=O)O. The van der Waals surface area contributed by atoms with E-state index in [-0.39, 0.29) is 13.2 Å². The van der Waals surface area contributed by atoms with E-state index in [4.69, 9.17) is 10.2 Å². The molecule has 0 rings (SSSR count). The molecule has 0 spiro atoms. The number of aliphatic hydroxyl groups is 1. The maximum Gasteiger partial charge on any atom is 0.405 e. The van der Waals surface area contributed by atoms with E-state index in [1.54, 1.807) is 0 Å². The summed E-state index contributed by atoms with van der Waals surface area (Å²) in [6.45, 7) is -0.0665. The number of amides is 1. The second kappa shape index (κ2) is 5.01. The number of hydrogen-bond acceptors (Lipinski definition) is 3. The zero-order valence-corrected chi connectivity index (χ0v) is 5.70. The number of carbonyl (C=O) groups is 1. The minimum absolute atomic E-state index is 0.183. The Balaban J connectivity index is 3.49. The standard InChI is InChI=1S/C5H11NO4/c1-10-3-4(2-7)6-5(8)9/h4,6-7H,2-3H2,1H3,(H,8,9)/t4-/m1/s1. The molecule has 0 radical (unpaired) electrons. The average Bonchev–Trinajstić information content (AvgIpc) is 1.86. The number of ether oxygens (including phenoxy) is 1. The molecule has 0 saturated heterocycles. The summed E-state index contributed by atoms with van der Waals surface area (Å²) in [5.41, 5.74) is 0. The summed E-state index contributed by atoms with van der Waals surface area (Å²) in [6.07, 6.45) is -1.16. The highest BCUT2D eigenvalue weighted by Crippen LogP contribution is 1.81. The highest BCUT2D eigenvalue weighted by molar-refractivity contribution is 5.64. The van der Waals surface area contributed by atoms with E-state index in [2.05, 4.69) is 10.1 Å². The van der Waals surface area contributed by atoms with Gasteiger partial charge in [0.25, 0.3) is 0 Å². The second-order valence-corrected chi connectivity index (χ2v) is 1.78. The van der Waals surface area contributed by atoms with Crippen LogP contribution in [0.3, 0.4) is 0 Å². The molecule has 0 unspecified atom stereocenters. The van der Waals surface area contributed by atoms with Crippen molar-refractivity contribution in [2.24, 2.45) is 0 Å². The number of methoxy groups -OCH3 is 1. The first-order valence-corrected chi connectivity index (χ1v) is 2.80. The van der Waals surface area contributed by atoms with Crippen molar-refractivity contribution in [2.75, 3.05) is 20.3 Å². The van der Waals surface area contributed by atoms with Crippen molar-refractivity contribution < 1.29 is 19.7 Å². The minimum Gasteiger partial charge on any atom is -0.465 e. The Labute approximate surface area is 58.6 Å². The molecular weight excluding hydrogens is 138 g/mol. The van der Waals surface area contributed by atoms with Crippen molar-refractivity contribution >= 4 is 6.09 Å². The lowest BCUT2D eigenvalue weighted by Gasteiger charge is -2.11. The van der Waals surface area contributed by atoms with Crippen LogP contribution in [0, 0.1) is 0 Å². The summed E-state index contributed by atoms with van der Waals surface area (Å²) >= 11 is 0. The molecule has 0 aromatic heterocycles. The Kier molecular flexibility index (Phi) is 4.61. The van der Waals surface area contributed by atoms with Crippen molar-refractivity contribution in [1.82, 2.24) is 5.32 Å². The van der Waals surface area contributed by atoms with E-state index in [0.717, 1.165) is 0 Å². The molecule has 10 heavy (non-hydrogen) atoms. The molecular formula is C5H11NO4. The van der Waals surface area contributed by atoms with Gasteiger partial charge in [0, 0.05) is 7.11 Å². The van der Waals surface area contributed by atoms with Crippen LogP contribution in [0.25, 0.3) is 0 Å². The van der Waals surface area contributed by atoms with Crippen LogP contribution in [-0.2, 0) is 4.74 Å². The summed E-state index contributed by atoms with van der Waals surface area (Å²) in [7, 11) is 1.44. The number of aliphatic hydroxyl groups excluding tert-OH is 1. The molecule has 0 heterocycles. The smallest absolute Gasteiger partial charge is 0.405 e. The van der Waals surface area contributed by atoms with Gasteiger partial charge in [-0.15, -0.1) is 0 Å². The van der Waals surface area contributed by atoms with Crippen molar-refractivity contribution in [3.8, 4) is 0 Å². The molecule has 1 atom stereocenters. The Morgan fingerprint density at radius 2 is 2.40 bits per heavy atom. The number of rotatable bonds is 4. The van der Waals surface area contributed by atoms with Crippen LogP contribution in [0.1, 0.15) is 0 Å². The summed E-state index contributed by atoms with van der Waals surface area (Å²) in [5, 5.41) is 18.7. The predicted molar refractivity (Wildman–Crippen MR) is 33.9 cm³/mol. The minimum atomic E-state index is -1.16. The molecule has 5 heteroatoms. The molecule has 0 aromatic rings. The molecule has 0 bridgehead atoms. The highest BCUT2D eigenvalue weighted by Gasteiger charge is 2.08.